The molecule has 2 rings (SSSR count). The Morgan fingerprint density at radius 1 is 1.16 bits per heavy atom. The monoisotopic (exact) mass is 260 g/mol. The van der Waals surface area contributed by atoms with Crippen molar-refractivity contribution in [2.75, 3.05) is 26.2 Å². The van der Waals surface area contributed by atoms with Crippen molar-refractivity contribution in [1.29, 1.82) is 0 Å². The summed E-state index contributed by atoms with van der Waals surface area (Å²) in [6.07, 6.45) is 6.47. The van der Waals surface area contributed by atoms with E-state index in [9.17, 15) is 0 Å². The van der Waals surface area contributed by atoms with Gasteiger partial charge >= 0.3 is 0 Å². The third kappa shape index (κ3) is 4.96. The molecule has 0 aliphatic carbocycles. The van der Waals surface area contributed by atoms with E-state index in [1.54, 1.807) is 0 Å². The van der Waals surface area contributed by atoms with Crippen molar-refractivity contribution in [2.45, 2.75) is 45.1 Å². The van der Waals surface area contributed by atoms with Crippen molar-refractivity contribution in [3.05, 3.63) is 35.9 Å². The molecule has 1 unspecified atom stereocenters. The van der Waals surface area contributed by atoms with Crippen LogP contribution in [0.5, 0.6) is 0 Å². The van der Waals surface area contributed by atoms with Crippen molar-refractivity contribution in [3.63, 3.8) is 0 Å². The molecule has 2 nitrogen and oxygen atoms in total. The van der Waals surface area contributed by atoms with Crippen molar-refractivity contribution in [2.24, 2.45) is 0 Å². The number of hydrogen-bond donors (Lipinski definition) is 1. The Labute approximate surface area is 118 Å². The molecule has 0 saturated carbocycles. The molecule has 0 radical (unpaired) electrons. The fourth-order valence-corrected chi connectivity index (χ4v) is 3.00. The Hall–Kier alpha value is -0.860. The van der Waals surface area contributed by atoms with Gasteiger partial charge in [0.15, 0.2) is 0 Å². The van der Waals surface area contributed by atoms with Crippen LogP contribution in [0, 0.1) is 0 Å². The molecule has 1 atom stereocenters. The van der Waals surface area contributed by atoms with Gasteiger partial charge in [0.25, 0.3) is 0 Å². The molecule has 1 aliphatic heterocycles. The molecule has 1 heterocycles. The second kappa shape index (κ2) is 8.34. The van der Waals surface area contributed by atoms with E-state index in [-0.39, 0.29) is 0 Å². The summed E-state index contributed by atoms with van der Waals surface area (Å²) in [5.41, 5.74) is 1.48. The average molecular weight is 260 g/mol. The predicted molar refractivity (Wildman–Crippen MR) is 82.5 cm³/mol. The van der Waals surface area contributed by atoms with E-state index in [1.807, 2.05) is 0 Å². The fraction of sp³-hybridized carbons (Fsp3) is 0.647. The summed E-state index contributed by atoms with van der Waals surface area (Å²) in [6.45, 7) is 7.22. The van der Waals surface area contributed by atoms with E-state index < -0.39 is 0 Å². The first-order valence-corrected chi connectivity index (χ1v) is 7.89. The van der Waals surface area contributed by atoms with E-state index >= 15 is 0 Å². The fourth-order valence-electron chi connectivity index (χ4n) is 3.00. The molecule has 1 aromatic rings. The van der Waals surface area contributed by atoms with Gasteiger partial charge in [0.05, 0.1) is 0 Å². The lowest BCUT2D eigenvalue weighted by atomic mass is 10.1. The summed E-state index contributed by atoms with van der Waals surface area (Å²) in [5.74, 6) is 0. The molecule has 19 heavy (non-hydrogen) atoms. The lowest BCUT2D eigenvalue weighted by Gasteiger charge is -2.27. The van der Waals surface area contributed by atoms with E-state index in [0.29, 0.717) is 0 Å². The van der Waals surface area contributed by atoms with E-state index in [1.165, 1.54) is 63.8 Å². The topological polar surface area (TPSA) is 15.3 Å². The zero-order chi connectivity index (χ0) is 13.3. The number of benzene rings is 1. The molecule has 1 aliphatic rings. The largest absolute Gasteiger partial charge is 0.315 e. The molecule has 2 heteroatoms. The summed E-state index contributed by atoms with van der Waals surface area (Å²) >= 11 is 0. The van der Waals surface area contributed by atoms with Crippen LogP contribution in [0.1, 0.15) is 38.2 Å². The summed E-state index contributed by atoms with van der Waals surface area (Å²) in [6, 6.07) is 11.7. The predicted octanol–water partition coefficient (Wildman–Crippen LogP) is 3.08. The van der Waals surface area contributed by atoms with E-state index in [2.05, 4.69) is 47.5 Å². The van der Waals surface area contributed by atoms with Gasteiger partial charge in [-0.3, -0.25) is 4.90 Å². The van der Waals surface area contributed by atoms with Gasteiger partial charge in [-0.05, 0) is 57.3 Å². The third-order valence-electron chi connectivity index (χ3n) is 4.07. The maximum absolute atomic E-state index is 3.49. The Kier molecular flexibility index (Phi) is 6.38. The van der Waals surface area contributed by atoms with E-state index in [4.69, 9.17) is 0 Å². The van der Waals surface area contributed by atoms with Gasteiger partial charge in [0.2, 0.25) is 0 Å². The number of nitrogens with one attached hydrogen (secondary N) is 1. The lowest BCUT2D eigenvalue weighted by Crippen LogP contribution is -2.38. The molecule has 0 amide bonds. The van der Waals surface area contributed by atoms with Crippen LogP contribution in [0.25, 0.3) is 0 Å². The first-order valence-electron chi connectivity index (χ1n) is 7.89. The molecular formula is C17H28N2. The van der Waals surface area contributed by atoms with Crippen molar-refractivity contribution in [1.82, 2.24) is 10.2 Å². The summed E-state index contributed by atoms with van der Waals surface area (Å²) in [4.78, 5) is 2.70. The lowest BCUT2D eigenvalue weighted by molar-refractivity contribution is 0.204. The zero-order valence-electron chi connectivity index (χ0n) is 12.3. The van der Waals surface area contributed by atoms with Gasteiger partial charge in [0.1, 0.15) is 0 Å². The van der Waals surface area contributed by atoms with Gasteiger partial charge in [-0.15, -0.1) is 0 Å². The summed E-state index contributed by atoms with van der Waals surface area (Å²) in [5, 5.41) is 3.49. The smallest absolute Gasteiger partial charge is 0.0232 e. The highest BCUT2D eigenvalue weighted by Crippen LogP contribution is 2.12. The first kappa shape index (κ1) is 14.5. The van der Waals surface area contributed by atoms with Gasteiger partial charge in [0, 0.05) is 12.6 Å². The van der Waals surface area contributed by atoms with Crippen molar-refractivity contribution < 1.29 is 0 Å². The normalized spacial score (nSPS) is 19.2. The highest BCUT2D eigenvalue weighted by atomic mass is 15.2. The molecule has 1 N–H and O–H groups in total. The van der Waals surface area contributed by atoms with Gasteiger partial charge < -0.3 is 5.32 Å². The van der Waals surface area contributed by atoms with Crippen LogP contribution in [0.4, 0.5) is 0 Å². The molecule has 0 bridgehead atoms. The number of aryl methyl sites for hydroxylation is 1. The second-order valence-corrected chi connectivity index (χ2v) is 5.63. The maximum atomic E-state index is 3.49. The third-order valence-corrected chi connectivity index (χ3v) is 4.07. The number of hydrogen-bond acceptors (Lipinski definition) is 2. The maximum Gasteiger partial charge on any atom is 0.0232 e. The highest BCUT2D eigenvalue weighted by molar-refractivity contribution is 5.14. The second-order valence-electron chi connectivity index (χ2n) is 5.63. The molecule has 0 aromatic heterocycles. The standard InChI is InChI=1S/C17H28N2/c1-2-13-19(17-11-12-18-15-17)14-7-6-10-16-8-4-3-5-9-16/h3-5,8-9,17-18H,2,6-7,10-15H2,1H3. The minimum absolute atomic E-state index is 0.789. The molecule has 0 spiro atoms. The number of rotatable bonds is 8. The Balaban J connectivity index is 1.67. The molecule has 1 aromatic carbocycles. The van der Waals surface area contributed by atoms with Crippen molar-refractivity contribution >= 4 is 0 Å². The van der Waals surface area contributed by atoms with E-state index in [0.717, 1.165) is 6.04 Å². The minimum atomic E-state index is 0.789. The molecular weight excluding hydrogens is 232 g/mol. The van der Waals surface area contributed by atoms with Gasteiger partial charge in [-0.25, -0.2) is 0 Å². The van der Waals surface area contributed by atoms with Crippen LogP contribution in [-0.4, -0.2) is 37.1 Å². The van der Waals surface area contributed by atoms with Crippen LogP contribution < -0.4 is 5.32 Å². The Morgan fingerprint density at radius 2 is 2.00 bits per heavy atom. The van der Waals surface area contributed by atoms with Crippen molar-refractivity contribution in [3.8, 4) is 0 Å². The van der Waals surface area contributed by atoms with Gasteiger partial charge in [-0.2, -0.15) is 0 Å². The van der Waals surface area contributed by atoms with Crippen LogP contribution in [0.3, 0.4) is 0 Å². The summed E-state index contributed by atoms with van der Waals surface area (Å²) < 4.78 is 0. The highest BCUT2D eigenvalue weighted by Gasteiger charge is 2.20. The van der Waals surface area contributed by atoms with Crippen LogP contribution in [-0.2, 0) is 6.42 Å². The zero-order valence-corrected chi connectivity index (χ0v) is 12.3. The first-order chi connectivity index (χ1) is 9.40. The number of nitrogens with zero attached hydrogens (tertiary/aromatic N) is 1. The van der Waals surface area contributed by atoms with Crippen LogP contribution in [0.2, 0.25) is 0 Å². The Bertz CT molecular complexity index is 330. The Morgan fingerprint density at radius 3 is 2.68 bits per heavy atom. The summed E-state index contributed by atoms with van der Waals surface area (Å²) in [7, 11) is 0. The molecule has 1 saturated heterocycles. The SMILES string of the molecule is CCCN(CCCCc1ccccc1)C1CCNC1. The molecule has 1 fully saturated rings. The number of unbranched alkanes of at least 4 members (excludes halogenated alkanes) is 1. The molecule has 106 valence electrons. The van der Waals surface area contributed by atoms with Gasteiger partial charge in [-0.1, -0.05) is 37.3 Å². The van der Waals surface area contributed by atoms with Crippen LogP contribution in [0.15, 0.2) is 30.3 Å². The average Bonchev–Trinajstić information content (AvgIpc) is 2.97. The van der Waals surface area contributed by atoms with Crippen LogP contribution >= 0.6 is 0 Å². The minimum Gasteiger partial charge on any atom is -0.315 e. The quantitative estimate of drug-likeness (QED) is 0.723.